The van der Waals surface area contributed by atoms with Crippen LogP contribution in [0.25, 0.3) is 0 Å². The Balaban J connectivity index is 1.45. The van der Waals surface area contributed by atoms with Gasteiger partial charge in [0.05, 0.1) is 13.7 Å². The van der Waals surface area contributed by atoms with Crippen molar-refractivity contribution < 1.29 is 23.7 Å². The van der Waals surface area contributed by atoms with Crippen molar-refractivity contribution in [3.8, 4) is 23.0 Å². The molecule has 1 aliphatic rings. The van der Waals surface area contributed by atoms with E-state index in [9.17, 15) is 4.79 Å². The standard InChI is InChI=1S/C22H27NO5/c1-3-26-20-6-4-5-7-21(20)28-19-12-14-23(15-13-19)22(24)16-27-18-10-8-17(25-2)9-11-18/h4-11,19H,3,12-16H2,1-2H3. The number of carbonyl (C=O) groups is 1. The zero-order valence-corrected chi connectivity index (χ0v) is 16.4. The molecule has 0 atom stereocenters. The second kappa shape index (κ2) is 9.88. The van der Waals surface area contributed by atoms with E-state index >= 15 is 0 Å². The van der Waals surface area contributed by atoms with Gasteiger partial charge < -0.3 is 23.8 Å². The summed E-state index contributed by atoms with van der Waals surface area (Å²) in [4.78, 5) is 14.2. The Labute approximate surface area is 166 Å². The second-order valence-corrected chi connectivity index (χ2v) is 6.54. The SMILES string of the molecule is CCOc1ccccc1OC1CCN(C(=O)COc2ccc(OC)cc2)CC1. The molecule has 0 spiro atoms. The molecular weight excluding hydrogens is 358 g/mol. The molecule has 150 valence electrons. The number of hydrogen-bond acceptors (Lipinski definition) is 5. The summed E-state index contributed by atoms with van der Waals surface area (Å²) < 4.78 is 22.4. The van der Waals surface area contributed by atoms with Gasteiger partial charge in [-0.25, -0.2) is 0 Å². The molecule has 6 heteroatoms. The van der Waals surface area contributed by atoms with Crippen LogP contribution >= 0.6 is 0 Å². The molecule has 3 rings (SSSR count). The molecule has 6 nitrogen and oxygen atoms in total. The van der Waals surface area contributed by atoms with E-state index in [1.54, 1.807) is 19.2 Å². The summed E-state index contributed by atoms with van der Waals surface area (Å²) in [6.07, 6.45) is 1.65. The first-order valence-corrected chi connectivity index (χ1v) is 9.62. The molecule has 1 fully saturated rings. The van der Waals surface area contributed by atoms with Gasteiger partial charge in [0.2, 0.25) is 0 Å². The second-order valence-electron chi connectivity index (χ2n) is 6.54. The van der Waals surface area contributed by atoms with Crippen molar-refractivity contribution in [1.29, 1.82) is 0 Å². The van der Waals surface area contributed by atoms with Crippen molar-refractivity contribution in [2.24, 2.45) is 0 Å². The number of carbonyl (C=O) groups excluding carboxylic acids is 1. The summed E-state index contributed by atoms with van der Waals surface area (Å²) in [6.45, 7) is 3.90. The van der Waals surface area contributed by atoms with Gasteiger partial charge in [-0.05, 0) is 43.3 Å². The number of hydrogen-bond donors (Lipinski definition) is 0. The summed E-state index contributed by atoms with van der Waals surface area (Å²) in [5.41, 5.74) is 0. The van der Waals surface area contributed by atoms with E-state index in [-0.39, 0.29) is 18.6 Å². The average Bonchev–Trinajstić information content (AvgIpc) is 2.74. The molecule has 0 unspecified atom stereocenters. The van der Waals surface area contributed by atoms with Gasteiger partial charge in [-0.2, -0.15) is 0 Å². The third-order valence-corrected chi connectivity index (χ3v) is 4.66. The maximum atomic E-state index is 12.4. The highest BCUT2D eigenvalue weighted by Crippen LogP contribution is 2.29. The minimum absolute atomic E-state index is 0.0102. The molecule has 0 saturated carbocycles. The van der Waals surface area contributed by atoms with Gasteiger partial charge in [-0.15, -0.1) is 0 Å². The van der Waals surface area contributed by atoms with Crippen LogP contribution in [0.1, 0.15) is 19.8 Å². The predicted octanol–water partition coefficient (Wildman–Crippen LogP) is 3.54. The van der Waals surface area contributed by atoms with Gasteiger partial charge in [0.1, 0.15) is 17.6 Å². The maximum absolute atomic E-state index is 12.4. The van der Waals surface area contributed by atoms with Crippen LogP contribution < -0.4 is 18.9 Å². The number of methoxy groups -OCH3 is 1. The third kappa shape index (κ3) is 5.31. The summed E-state index contributed by atoms with van der Waals surface area (Å²) in [5, 5.41) is 0. The third-order valence-electron chi connectivity index (χ3n) is 4.66. The Morgan fingerprint density at radius 3 is 2.25 bits per heavy atom. The molecule has 2 aromatic carbocycles. The number of amides is 1. The Morgan fingerprint density at radius 2 is 1.61 bits per heavy atom. The molecule has 1 amide bonds. The Kier molecular flexibility index (Phi) is 7.00. The van der Waals surface area contributed by atoms with Crippen LogP contribution in [0.4, 0.5) is 0 Å². The van der Waals surface area contributed by atoms with Crippen LogP contribution in [-0.4, -0.2) is 50.3 Å². The molecule has 0 N–H and O–H groups in total. The largest absolute Gasteiger partial charge is 0.497 e. The number of piperidine rings is 1. The number of rotatable bonds is 8. The lowest BCUT2D eigenvalue weighted by Gasteiger charge is -2.32. The highest BCUT2D eigenvalue weighted by Gasteiger charge is 2.24. The fourth-order valence-electron chi connectivity index (χ4n) is 3.13. The summed E-state index contributed by atoms with van der Waals surface area (Å²) in [5.74, 6) is 2.92. The first kappa shape index (κ1) is 19.9. The van der Waals surface area contributed by atoms with Gasteiger partial charge in [0.15, 0.2) is 18.1 Å². The first-order valence-electron chi connectivity index (χ1n) is 9.62. The number of nitrogens with zero attached hydrogens (tertiary/aromatic N) is 1. The Bertz CT molecular complexity index is 754. The quantitative estimate of drug-likeness (QED) is 0.696. The number of ether oxygens (including phenoxy) is 4. The minimum Gasteiger partial charge on any atom is -0.497 e. The maximum Gasteiger partial charge on any atom is 0.260 e. The highest BCUT2D eigenvalue weighted by atomic mass is 16.5. The van der Waals surface area contributed by atoms with E-state index in [4.69, 9.17) is 18.9 Å². The lowest BCUT2D eigenvalue weighted by molar-refractivity contribution is -0.135. The topological polar surface area (TPSA) is 57.2 Å². The van der Waals surface area contributed by atoms with E-state index < -0.39 is 0 Å². The minimum atomic E-state index is -0.0102. The fourth-order valence-corrected chi connectivity index (χ4v) is 3.13. The summed E-state index contributed by atoms with van der Waals surface area (Å²) >= 11 is 0. The van der Waals surface area contributed by atoms with E-state index in [1.807, 2.05) is 48.2 Å². The molecule has 0 bridgehead atoms. The van der Waals surface area contributed by atoms with Crippen molar-refractivity contribution in [1.82, 2.24) is 4.90 Å². The normalized spacial score (nSPS) is 14.4. The van der Waals surface area contributed by atoms with Gasteiger partial charge in [-0.1, -0.05) is 12.1 Å². The lowest BCUT2D eigenvalue weighted by atomic mass is 10.1. The van der Waals surface area contributed by atoms with Crippen molar-refractivity contribution in [2.75, 3.05) is 33.4 Å². The smallest absolute Gasteiger partial charge is 0.260 e. The van der Waals surface area contributed by atoms with Gasteiger partial charge >= 0.3 is 0 Å². The van der Waals surface area contributed by atoms with Crippen molar-refractivity contribution >= 4 is 5.91 Å². The number of benzene rings is 2. The van der Waals surface area contributed by atoms with Crippen LogP contribution in [0, 0.1) is 0 Å². The Morgan fingerprint density at radius 1 is 0.964 bits per heavy atom. The highest BCUT2D eigenvalue weighted by molar-refractivity contribution is 5.77. The van der Waals surface area contributed by atoms with Crippen LogP contribution in [0.3, 0.4) is 0 Å². The van der Waals surface area contributed by atoms with Crippen molar-refractivity contribution in [3.05, 3.63) is 48.5 Å². The number of likely N-dealkylation sites (tertiary alicyclic amines) is 1. The van der Waals surface area contributed by atoms with Crippen molar-refractivity contribution in [2.45, 2.75) is 25.9 Å². The summed E-state index contributed by atoms with van der Waals surface area (Å²) in [6, 6.07) is 14.9. The van der Waals surface area contributed by atoms with Gasteiger partial charge in [0.25, 0.3) is 5.91 Å². The fraction of sp³-hybridized carbons (Fsp3) is 0.409. The molecule has 1 saturated heterocycles. The zero-order chi connectivity index (χ0) is 19.8. The monoisotopic (exact) mass is 385 g/mol. The predicted molar refractivity (Wildman–Crippen MR) is 106 cm³/mol. The van der Waals surface area contributed by atoms with E-state index in [0.717, 1.165) is 30.1 Å². The van der Waals surface area contributed by atoms with Crippen LogP contribution in [0.5, 0.6) is 23.0 Å². The zero-order valence-electron chi connectivity index (χ0n) is 16.4. The first-order chi connectivity index (χ1) is 13.7. The van der Waals surface area contributed by atoms with Crippen LogP contribution in [-0.2, 0) is 4.79 Å². The summed E-state index contributed by atoms with van der Waals surface area (Å²) in [7, 11) is 1.61. The van der Waals surface area contributed by atoms with Crippen molar-refractivity contribution in [3.63, 3.8) is 0 Å². The van der Waals surface area contributed by atoms with E-state index in [0.29, 0.717) is 25.4 Å². The van der Waals surface area contributed by atoms with Gasteiger partial charge in [-0.3, -0.25) is 4.79 Å². The van der Waals surface area contributed by atoms with Crippen LogP contribution in [0.15, 0.2) is 48.5 Å². The molecule has 1 heterocycles. The molecule has 0 aromatic heterocycles. The lowest BCUT2D eigenvalue weighted by Crippen LogP contribution is -2.43. The Hall–Kier alpha value is -2.89. The molecule has 2 aromatic rings. The molecule has 0 aliphatic carbocycles. The molecular formula is C22H27NO5. The molecule has 28 heavy (non-hydrogen) atoms. The average molecular weight is 385 g/mol. The van der Waals surface area contributed by atoms with E-state index in [2.05, 4.69) is 0 Å². The van der Waals surface area contributed by atoms with Crippen LogP contribution in [0.2, 0.25) is 0 Å². The molecule has 0 radical (unpaired) electrons. The van der Waals surface area contributed by atoms with Gasteiger partial charge in [0, 0.05) is 25.9 Å². The van der Waals surface area contributed by atoms with E-state index in [1.165, 1.54) is 0 Å². The molecule has 1 aliphatic heterocycles. The number of para-hydroxylation sites is 2.